The fourth-order valence-electron chi connectivity index (χ4n) is 4.92. The number of hydrogen-bond donors (Lipinski definition) is 2. The molecule has 2 heteroatoms. The molecule has 0 aromatic heterocycles. The predicted octanol–water partition coefficient (Wildman–Crippen LogP) is 6.56. The Bertz CT molecular complexity index is 964. The summed E-state index contributed by atoms with van der Waals surface area (Å²) < 4.78 is 0. The van der Waals surface area contributed by atoms with E-state index in [1.54, 1.807) is 0 Å². The highest BCUT2D eigenvalue weighted by molar-refractivity contribution is 5.76. The molecule has 4 rings (SSSR count). The first-order valence-electron chi connectivity index (χ1n) is 13.1. The van der Waals surface area contributed by atoms with Gasteiger partial charge in [-0.25, -0.2) is 0 Å². The van der Waals surface area contributed by atoms with Gasteiger partial charge in [0, 0.05) is 0 Å². The van der Waals surface area contributed by atoms with E-state index in [-0.39, 0.29) is 0 Å². The summed E-state index contributed by atoms with van der Waals surface area (Å²) in [5.74, 6) is 0. The summed E-state index contributed by atoms with van der Waals surface area (Å²) in [6, 6.07) is 26.7. The van der Waals surface area contributed by atoms with Crippen LogP contribution in [-0.4, -0.2) is 26.2 Å². The molecule has 3 aromatic carbocycles. The Morgan fingerprint density at radius 1 is 0.485 bits per heavy atom. The third kappa shape index (κ3) is 7.55. The maximum Gasteiger partial charge on any atom is -0.00134 e. The van der Waals surface area contributed by atoms with Gasteiger partial charge in [-0.3, -0.25) is 0 Å². The Balaban J connectivity index is 0.961. The zero-order valence-electron chi connectivity index (χ0n) is 20.1. The normalized spacial score (nSPS) is 12.0. The van der Waals surface area contributed by atoms with Gasteiger partial charge in [0.05, 0.1) is 0 Å². The summed E-state index contributed by atoms with van der Waals surface area (Å²) in [6.07, 6.45) is 11.1. The van der Waals surface area contributed by atoms with Crippen molar-refractivity contribution < 1.29 is 0 Å². The van der Waals surface area contributed by atoms with E-state index in [0.717, 1.165) is 32.6 Å². The van der Waals surface area contributed by atoms with E-state index in [0.29, 0.717) is 0 Å². The van der Waals surface area contributed by atoms with Gasteiger partial charge in [-0.05, 0) is 111 Å². The first kappa shape index (κ1) is 23.7. The maximum absolute atomic E-state index is 3.63. The lowest BCUT2D eigenvalue weighted by molar-refractivity contribution is 0.555. The fraction of sp³-hybridized carbons (Fsp3) is 0.419. The molecule has 0 radical (unpaired) electrons. The van der Waals surface area contributed by atoms with Crippen LogP contribution in [0.15, 0.2) is 72.8 Å². The number of aryl methyl sites for hydroxylation is 2. The van der Waals surface area contributed by atoms with Crippen molar-refractivity contribution in [3.05, 3.63) is 95.1 Å². The van der Waals surface area contributed by atoms with Crippen LogP contribution in [0.1, 0.15) is 60.8 Å². The number of nitrogens with one attached hydrogen (secondary N) is 2. The molecule has 0 unspecified atom stereocenters. The molecule has 0 atom stereocenters. The minimum atomic E-state index is 1.10. The standard InChI is InChI=1S/C31H40N2/c1-3-12-26(13-4-1)15-11-23-33-21-9-2-8-20-32-22-10-7-14-27-18-19-31-29(24-27)25-28-16-5-6-17-30(28)31/h1,3-6,12-13,16-19,24,32-33H,2,7-11,14-15,20-23,25H2. The Hall–Kier alpha value is -2.42. The van der Waals surface area contributed by atoms with Crippen molar-refractivity contribution in [2.24, 2.45) is 0 Å². The van der Waals surface area contributed by atoms with Crippen LogP contribution in [0.3, 0.4) is 0 Å². The molecule has 33 heavy (non-hydrogen) atoms. The molecular formula is C31H40N2. The topological polar surface area (TPSA) is 24.1 Å². The lowest BCUT2D eigenvalue weighted by atomic mass is 10.0. The zero-order chi connectivity index (χ0) is 22.6. The van der Waals surface area contributed by atoms with Crippen molar-refractivity contribution >= 4 is 0 Å². The summed E-state index contributed by atoms with van der Waals surface area (Å²) >= 11 is 0. The summed E-state index contributed by atoms with van der Waals surface area (Å²) in [4.78, 5) is 0. The third-order valence-corrected chi connectivity index (χ3v) is 6.80. The molecule has 0 bridgehead atoms. The molecule has 0 fully saturated rings. The van der Waals surface area contributed by atoms with E-state index in [9.17, 15) is 0 Å². The molecule has 0 saturated heterocycles. The van der Waals surface area contributed by atoms with Crippen LogP contribution in [0.25, 0.3) is 11.1 Å². The summed E-state index contributed by atoms with van der Waals surface area (Å²) in [6.45, 7) is 4.59. The first-order chi connectivity index (χ1) is 16.4. The van der Waals surface area contributed by atoms with Crippen LogP contribution in [0, 0.1) is 0 Å². The Morgan fingerprint density at radius 2 is 1.12 bits per heavy atom. The Labute approximate surface area is 200 Å². The molecule has 3 aromatic rings. The largest absolute Gasteiger partial charge is 0.317 e. The van der Waals surface area contributed by atoms with Crippen LogP contribution in [0.5, 0.6) is 0 Å². The number of unbranched alkanes of at least 4 members (excludes halogenated alkanes) is 3. The van der Waals surface area contributed by atoms with Crippen molar-refractivity contribution in [2.45, 2.75) is 57.8 Å². The highest BCUT2D eigenvalue weighted by Crippen LogP contribution is 2.36. The number of hydrogen-bond acceptors (Lipinski definition) is 2. The van der Waals surface area contributed by atoms with E-state index in [2.05, 4.69) is 83.4 Å². The molecule has 1 aliphatic carbocycles. The van der Waals surface area contributed by atoms with Crippen LogP contribution in [-0.2, 0) is 19.3 Å². The van der Waals surface area contributed by atoms with Crippen molar-refractivity contribution in [3.8, 4) is 11.1 Å². The fourth-order valence-corrected chi connectivity index (χ4v) is 4.92. The molecular weight excluding hydrogens is 400 g/mol. The van der Waals surface area contributed by atoms with Gasteiger partial charge in [0.2, 0.25) is 0 Å². The van der Waals surface area contributed by atoms with Gasteiger partial charge < -0.3 is 10.6 Å². The average molecular weight is 441 g/mol. The van der Waals surface area contributed by atoms with E-state index in [1.807, 2.05) is 0 Å². The molecule has 2 N–H and O–H groups in total. The second kappa shape index (κ2) is 13.3. The lowest BCUT2D eigenvalue weighted by Gasteiger charge is -2.07. The summed E-state index contributed by atoms with van der Waals surface area (Å²) in [5, 5.41) is 7.22. The van der Waals surface area contributed by atoms with Crippen LogP contribution in [0.4, 0.5) is 0 Å². The average Bonchev–Trinajstić information content (AvgIpc) is 3.22. The zero-order valence-corrected chi connectivity index (χ0v) is 20.1. The van der Waals surface area contributed by atoms with Gasteiger partial charge in [-0.15, -0.1) is 0 Å². The molecule has 0 spiro atoms. The first-order valence-corrected chi connectivity index (χ1v) is 13.1. The monoisotopic (exact) mass is 440 g/mol. The second-order valence-electron chi connectivity index (χ2n) is 9.43. The SMILES string of the molecule is c1ccc(CCCNCCCCCNCCCCc2ccc3c(c2)Cc2ccccc2-3)cc1. The van der Waals surface area contributed by atoms with Crippen molar-refractivity contribution in [1.82, 2.24) is 10.6 Å². The van der Waals surface area contributed by atoms with Crippen LogP contribution < -0.4 is 10.6 Å². The highest BCUT2D eigenvalue weighted by Gasteiger charge is 2.17. The lowest BCUT2D eigenvalue weighted by Crippen LogP contribution is -2.19. The van der Waals surface area contributed by atoms with E-state index < -0.39 is 0 Å². The smallest absolute Gasteiger partial charge is 0.00134 e. The van der Waals surface area contributed by atoms with Gasteiger partial charge >= 0.3 is 0 Å². The van der Waals surface area contributed by atoms with Crippen LogP contribution in [0.2, 0.25) is 0 Å². The van der Waals surface area contributed by atoms with Gasteiger partial charge in [0.1, 0.15) is 0 Å². The van der Waals surface area contributed by atoms with Gasteiger partial charge in [-0.1, -0.05) is 79.2 Å². The van der Waals surface area contributed by atoms with E-state index in [1.165, 1.54) is 84.7 Å². The minimum Gasteiger partial charge on any atom is -0.317 e. The number of rotatable bonds is 15. The molecule has 0 amide bonds. The van der Waals surface area contributed by atoms with E-state index in [4.69, 9.17) is 0 Å². The van der Waals surface area contributed by atoms with Gasteiger partial charge in [0.15, 0.2) is 0 Å². The number of benzene rings is 3. The summed E-state index contributed by atoms with van der Waals surface area (Å²) in [5.41, 5.74) is 8.81. The Kier molecular flexibility index (Phi) is 9.58. The van der Waals surface area contributed by atoms with Crippen molar-refractivity contribution in [3.63, 3.8) is 0 Å². The third-order valence-electron chi connectivity index (χ3n) is 6.80. The minimum absolute atomic E-state index is 1.10. The Morgan fingerprint density at radius 3 is 1.94 bits per heavy atom. The maximum atomic E-state index is 3.63. The predicted molar refractivity (Wildman–Crippen MR) is 142 cm³/mol. The quantitative estimate of drug-likeness (QED) is 0.204. The summed E-state index contributed by atoms with van der Waals surface area (Å²) in [7, 11) is 0. The number of fused-ring (bicyclic) bond motifs is 3. The molecule has 1 aliphatic rings. The van der Waals surface area contributed by atoms with Crippen molar-refractivity contribution in [2.75, 3.05) is 26.2 Å². The van der Waals surface area contributed by atoms with Crippen LogP contribution >= 0.6 is 0 Å². The van der Waals surface area contributed by atoms with Crippen molar-refractivity contribution in [1.29, 1.82) is 0 Å². The van der Waals surface area contributed by atoms with Gasteiger partial charge in [-0.2, -0.15) is 0 Å². The molecule has 0 aliphatic heterocycles. The highest BCUT2D eigenvalue weighted by atomic mass is 14.8. The van der Waals surface area contributed by atoms with E-state index >= 15 is 0 Å². The second-order valence-corrected chi connectivity index (χ2v) is 9.43. The molecule has 0 saturated carbocycles. The molecule has 2 nitrogen and oxygen atoms in total. The molecule has 0 heterocycles. The van der Waals surface area contributed by atoms with Gasteiger partial charge in [0.25, 0.3) is 0 Å². The molecule has 174 valence electrons.